The molecule has 1 aromatic carbocycles. The smallest absolute Gasteiger partial charge is 0.337 e. The van der Waals surface area contributed by atoms with Crippen LogP contribution >= 0.6 is 12.2 Å². The van der Waals surface area contributed by atoms with Crippen molar-refractivity contribution in [2.75, 3.05) is 19.8 Å². The van der Waals surface area contributed by atoms with E-state index in [1.807, 2.05) is 31.2 Å². The minimum atomic E-state index is -0.554. The molecule has 0 bridgehead atoms. The van der Waals surface area contributed by atoms with Crippen LogP contribution in [0.2, 0.25) is 0 Å². The van der Waals surface area contributed by atoms with Crippen LogP contribution in [0.5, 0.6) is 5.75 Å². The van der Waals surface area contributed by atoms with Crippen molar-refractivity contribution in [2.45, 2.75) is 26.3 Å². The molecule has 1 atom stereocenters. The fourth-order valence-electron chi connectivity index (χ4n) is 2.54. The lowest BCUT2D eigenvalue weighted by Gasteiger charge is -2.28. The Balaban J connectivity index is 1.98. The normalized spacial score (nSPS) is 17.1. The van der Waals surface area contributed by atoms with Crippen LogP contribution in [0, 0.1) is 0 Å². The van der Waals surface area contributed by atoms with Crippen LogP contribution < -0.4 is 15.4 Å². The van der Waals surface area contributed by atoms with Crippen molar-refractivity contribution >= 4 is 23.3 Å². The van der Waals surface area contributed by atoms with Crippen molar-refractivity contribution in [3.63, 3.8) is 0 Å². The van der Waals surface area contributed by atoms with Gasteiger partial charge in [0.25, 0.3) is 0 Å². The Morgan fingerprint density at radius 3 is 2.83 bits per heavy atom. The van der Waals surface area contributed by atoms with Crippen LogP contribution in [0.4, 0.5) is 0 Å². The molecular weight excluding hydrogens is 328 g/mol. The van der Waals surface area contributed by atoms with Crippen molar-refractivity contribution in [3.8, 4) is 5.75 Å². The average molecular weight is 350 g/mol. The average Bonchev–Trinajstić information content (AvgIpc) is 2.55. The van der Waals surface area contributed by atoms with Gasteiger partial charge in [-0.25, -0.2) is 4.79 Å². The lowest BCUT2D eigenvalue weighted by molar-refractivity contribution is -0.139. The first kappa shape index (κ1) is 18.2. The van der Waals surface area contributed by atoms with Crippen LogP contribution in [0.1, 0.15) is 19.4 Å². The molecule has 0 saturated carbocycles. The number of hydrogen-bond donors (Lipinski definition) is 3. The Morgan fingerprint density at radius 1 is 1.38 bits per heavy atom. The van der Waals surface area contributed by atoms with Crippen LogP contribution in [0.15, 0.2) is 35.5 Å². The summed E-state index contributed by atoms with van der Waals surface area (Å²) in [5.74, 6) is 0.328. The minimum absolute atomic E-state index is 0.224. The van der Waals surface area contributed by atoms with Gasteiger partial charge in [-0.05, 0) is 37.7 Å². The maximum absolute atomic E-state index is 12.3. The van der Waals surface area contributed by atoms with Crippen LogP contribution in [-0.4, -0.2) is 42.1 Å². The number of benzene rings is 1. The molecule has 0 spiro atoms. The van der Waals surface area contributed by atoms with Crippen molar-refractivity contribution in [1.82, 2.24) is 10.6 Å². The summed E-state index contributed by atoms with van der Waals surface area (Å²) >= 11 is 5.02. The number of aliphatic hydroxyl groups excluding tert-OH is 1. The Kier molecular flexibility index (Phi) is 6.57. The third-order valence-corrected chi connectivity index (χ3v) is 3.86. The van der Waals surface area contributed by atoms with Gasteiger partial charge in [-0.2, -0.15) is 0 Å². The molecule has 0 aromatic heterocycles. The van der Waals surface area contributed by atoms with E-state index in [0.29, 0.717) is 29.4 Å². The topological polar surface area (TPSA) is 79.8 Å². The van der Waals surface area contributed by atoms with Gasteiger partial charge in [0.05, 0.1) is 31.4 Å². The van der Waals surface area contributed by atoms with Gasteiger partial charge in [0, 0.05) is 12.1 Å². The Hall–Kier alpha value is -2.12. The molecule has 1 aliphatic rings. The monoisotopic (exact) mass is 350 g/mol. The molecule has 0 fully saturated rings. The van der Waals surface area contributed by atoms with E-state index in [0.717, 1.165) is 11.3 Å². The van der Waals surface area contributed by atoms with E-state index in [1.165, 1.54) is 0 Å². The number of esters is 1. The van der Waals surface area contributed by atoms with Crippen molar-refractivity contribution in [3.05, 3.63) is 41.1 Å². The fourth-order valence-corrected chi connectivity index (χ4v) is 2.83. The molecule has 3 N–H and O–H groups in total. The highest BCUT2D eigenvalue weighted by Gasteiger charge is 2.29. The highest BCUT2D eigenvalue weighted by Crippen LogP contribution is 2.19. The summed E-state index contributed by atoms with van der Waals surface area (Å²) in [4.78, 5) is 12.3. The number of allylic oxidation sites excluding steroid dienone is 1. The zero-order valence-electron chi connectivity index (χ0n) is 13.8. The van der Waals surface area contributed by atoms with E-state index in [-0.39, 0.29) is 13.2 Å². The molecule has 6 nitrogen and oxygen atoms in total. The second-order valence-electron chi connectivity index (χ2n) is 5.30. The van der Waals surface area contributed by atoms with Gasteiger partial charge in [-0.1, -0.05) is 18.2 Å². The number of thiocarbonyl (C=S) groups is 1. The lowest BCUT2D eigenvalue weighted by atomic mass is 10.0. The molecule has 1 aromatic rings. The third kappa shape index (κ3) is 4.46. The molecule has 0 amide bonds. The van der Waals surface area contributed by atoms with Gasteiger partial charge in [0.1, 0.15) is 5.75 Å². The van der Waals surface area contributed by atoms with E-state index in [2.05, 4.69) is 10.6 Å². The summed E-state index contributed by atoms with van der Waals surface area (Å²) < 4.78 is 10.9. The number of aliphatic hydroxyl groups is 1. The second kappa shape index (κ2) is 8.65. The van der Waals surface area contributed by atoms with Gasteiger partial charge < -0.3 is 25.2 Å². The minimum Gasteiger partial charge on any atom is -0.494 e. The van der Waals surface area contributed by atoms with Gasteiger partial charge >= 0.3 is 5.97 Å². The largest absolute Gasteiger partial charge is 0.494 e. The SMILES string of the molecule is CCOc1ccccc1CCOC(=O)C1=C(C)NC(=S)NC1CO. The molecule has 0 aliphatic carbocycles. The summed E-state index contributed by atoms with van der Waals surface area (Å²) in [7, 11) is 0. The van der Waals surface area contributed by atoms with Crippen molar-refractivity contribution in [1.29, 1.82) is 0 Å². The highest BCUT2D eigenvalue weighted by molar-refractivity contribution is 7.80. The van der Waals surface area contributed by atoms with E-state index in [1.54, 1.807) is 6.92 Å². The first-order valence-corrected chi connectivity index (χ1v) is 8.24. The van der Waals surface area contributed by atoms with Gasteiger partial charge in [-0.15, -0.1) is 0 Å². The molecular formula is C17H22N2O4S. The molecule has 0 saturated heterocycles. The number of para-hydroxylation sites is 1. The fraction of sp³-hybridized carbons (Fsp3) is 0.412. The number of hydrogen-bond acceptors (Lipinski definition) is 5. The van der Waals surface area contributed by atoms with Crippen LogP contribution in [-0.2, 0) is 16.0 Å². The Morgan fingerprint density at radius 2 is 2.12 bits per heavy atom. The van der Waals surface area contributed by atoms with Gasteiger partial charge in [0.15, 0.2) is 5.11 Å². The predicted molar refractivity (Wildman–Crippen MR) is 94.7 cm³/mol. The number of ether oxygens (including phenoxy) is 2. The predicted octanol–water partition coefficient (Wildman–Crippen LogP) is 1.28. The molecule has 2 rings (SSSR count). The summed E-state index contributed by atoms with van der Waals surface area (Å²) in [6.45, 7) is 4.22. The summed E-state index contributed by atoms with van der Waals surface area (Å²) in [6, 6.07) is 7.11. The first-order valence-electron chi connectivity index (χ1n) is 7.83. The molecule has 0 radical (unpaired) electrons. The second-order valence-corrected chi connectivity index (χ2v) is 5.71. The summed E-state index contributed by atoms with van der Waals surface area (Å²) in [5, 5.41) is 15.5. The first-order chi connectivity index (χ1) is 11.6. The number of nitrogens with one attached hydrogen (secondary N) is 2. The van der Waals surface area contributed by atoms with E-state index >= 15 is 0 Å². The Labute approximate surface area is 146 Å². The quantitative estimate of drug-likeness (QED) is 0.505. The van der Waals surface area contributed by atoms with E-state index < -0.39 is 12.0 Å². The van der Waals surface area contributed by atoms with E-state index in [9.17, 15) is 9.90 Å². The molecule has 24 heavy (non-hydrogen) atoms. The number of rotatable bonds is 7. The summed E-state index contributed by atoms with van der Waals surface area (Å²) in [6.07, 6.45) is 0.553. The third-order valence-electron chi connectivity index (χ3n) is 3.64. The van der Waals surface area contributed by atoms with Crippen LogP contribution in [0.3, 0.4) is 0 Å². The zero-order valence-corrected chi connectivity index (χ0v) is 14.6. The molecule has 7 heteroatoms. The molecule has 1 unspecified atom stereocenters. The highest BCUT2D eigenvalue weighted by atomic mass is 32.1. The Bertz CT molecular complexity index is 645. The van der Waals surface area contributed by atoms with Gasteiger partial charge in [-0.3, -0.25) is 0 Å². The van der Waals surface area contributed by atoms with Crippen LogP contribution in [0.25, 0.3) is 0 Å². The number of carbonyl (C=O) groups is 1. The number of carbonyl (C=O) groups excluding carboxylic acids is 1. The van der Waals surface area contributed by atoms with Gasteiger partial charge in [0.2, 0.25) is 0 Å². The molecule has 1 aliphatic heterocycles. The zero-order chi connectivity index (χ0) is 17.5. The maximum atomic E-state index is 12.3. The maximum Gasteiger partial charge on any atom is 0.337 e. The van der Waals surface area contributed by atoms with Crippen molar-refractivity contribution < 1.29 is 19.4 Å². The lowest BCUT2D eigenvalue weighted by Crippen LogP contribution is -2.51. The summed E-state index contributed by atoms with van der Waals surface area (Å²) in [5.41, 5.74) is 1.94. The standard InChI is InChI=1S/C17H22N2O4S/c1-3-22-14-7-5-4-6-12(14)8-9-23-16(21)15-11(2)18-17(24)19-13(15)10-20/h4-7,13,20H,3,8-10H2,1-2H3,(H2,18,19,24). The molecule has 130 valence electrons. The van der Waals surface area contributed by atoms with Crippen molar-refractivity contribution in [2.24, 2.45) is 0 Å². The molecule has 1 heterocycles. The van der Waals surface area contributed by atoms with E-state index in [4.69, 9.17) is 21.7 Å².